The van der Waals surface area contributed by atoms with E-state index in [1.165, 1.54) is 24.8 Å². The summed E-state index contributed by atoms with van der Waals surface area (Å²) >= 11 is 0. The van der Waals surface area contributed by atoms with Gasteiger partial charge in [-0.05, 0) is 38.0 Å². The van der Waals surface area contributed by atoms with E-state index in [9.17, 15) is 13.2 Å². The lowest BCUT2D eigenvalue weighted by Crippen LogP contribution is -2.60. The second-order valence-electron chi connectivity index (χ2n) is 8.71. The fourth-order valence-electron chi connectivity index (χ4n) is 5.18. The largest absolute Gasteiger partial charge is 0.336 e. The van der Waals surface area contributed by atoms with Crippen LogP contribution in [-0.4, -0.2) is 67.3 Å². The monoisotopic (exact) mass is 368 g/mol. The van der Waals surface area contributed by atoms with E-state index in [2.05, 4.69) is 25.7 Å². The standard InChI is InChI=1S/C19H32N2O3S/c1-14-6-5-8-19(3,4)16(14)7-9-20-10-11-21(15(2)22)18-13-25(23,24)12-17(18)20/h17-18H,5-13H2,1-4H3/t17-,18+/m0/s1. The number of nitrogens with zero attached hydrogens (tertiary/aromatic N) is 2. The summed E-state index contributed by atoms with van der Waals surface area (Å²) in [5.41, 5.74) is 3.34. The first kappa shape index (κ1) is 18.9. The number of sulfone groups is 1. The topological polar surface area (TPSA) is 57.7 Å². The third-order valence-corrected chi connectivity index (χ3v) is 8.23. The van der Waals surface area contributed by atoms with Gasteiger partial charge in [0.1, 0.15) is 0 Å². The van der Waals surface area contributed by atoms with E-state index in [4.69, 9.17) is 0 Å². The number of piperazine rings is 1. The van der Waals surface area contributed by atoms with Crippen LogP contribution in [0, 0.1) is 5.41 Å². The minimum Gasteiger partial charge on any atom is -0.336 e. The van der Waals surface area contributed by atoms with Gasteiger partial charge in [0, 0.05) is 32.6 Å². The van der Waals surface area contributed by atoms with Crippen LogP contribution >= 0.6 is 0 Å². The van der Waals surface area contributed by atoms with Crippen molar-refractivity contribution in [3.63, 3.8) is 0 Å². The molecule has 2 saturated heterocycles. The van der Waals surface area contributed by atoms with Crippen molar-refractivity contribution in [2.45, 2.75) is 65.5 Å². The molecule has 1 amide bonds. The van der Waals surface area contributed by atoms with Gasteiger partial charge in [0.2, 0.25) is 5.91 Å². The molecule has 0 radical (unpaired) electrons. The van der Waals surface area contributed by atoms with E-state index < -0.39 is 9.84 Å². The molecule has 2 heterocycles. The molecule has 3 rings (SSSR count). The average Bonchev–Trinajstić information content (AvgIpc) is 2.80. The molecule has 0 bridgehead atoms. The van der Waals surface area contributed by atoms with Crippen molar-refractivity contribution >= 4 is 15.7 Å². The zero-order chi connectivity index (χ0) is 18.4. The predicted molar refractivity (Wildman–Crippen MR) is 100 cm³/mol. The third kappa shape index (κ3) is 3.80. The summed E-state index contributed by atoms with van der Waals surface area (Å²) in [4.78, 5) is 16.0. The van der Waals surface area contributed by atoms with Crippen molar-refractivity contribution in [1.29, 1.82) is 0 Å². The molecule has 0 aromatic heterocycles. The second-order valence-corrected chi connectivity index (χ2v) is 10.9. The first-order chi connectivity index (χ1) is 11.6. The molecule has 142 valence electrons. The van der Waals surface area contributed by atoms with Crippen LogP contribution in [0.4, 0.5) is 0 Å². The first-order valence-corrected chi connectivity index (χ1v) is 11.3. The van der Waals surface area contributed by atoms with Crippen LogP contribution in [0.5, 0.6) is 0 Å². The number of rotatable bonds is 3. The summed E-state index contributed by atoms with van der Waals surface area (Å²) < 4.78 is 24.4. The van der Waals surface area contributed by atoms with Crippen molar-refractivity contribution in [3.05, 3.63) is 11.1 Å². The van der Waals surface area contributed by atoms with E-state index in [-0.39, 0.29) is 34.9 Å². The lowest BCUT2D eigenvalue weighted by molar-refractivity contribution is -0.134. The molecular weight excluding hydrogens is 336 g/mol. The number of carbonyl (C=O) groups excluding carboxylic acids is 1. The Balaban J connectivity index is 1.74. The molecule has 0 spiro atoms. The fourth-order valence-corrected chi connectivity index (χ4v) is 7.19. The molecule has 6 heteroatoms. The van der Waals surface area contributed by atoms with Gasteiger partial charge in [0.05, 0.1) is 17.5 Å². The lowest BCUT2D eigenvalue weighted by atomic mass is 9.71. The van der Waals surface area contributed by atoms with Crippen LogP contribution in [0.25, 0.3) is 0 Å². The third-order valence-electron chi connectivity index (χ3n) is 6.53. The van der Waals surface area contributed by atoms with Gasteiger partial charge in [-0.2, -0.15) is 0 Å². The Hall–Kier alpha value is -0.880. The molecule has 0 unspecified atom stereocenters. The van der Waals surface area contributed by atoms with Crippen molar-refractivity contribution in [2.24, 2.45) is 5.41 Å². The van der Waals surface area contributed by atoms with Crippen molar-refractivity contribution < 1.29 is 13.2 Å². The summed E-state index contributed by atoms with van der Waals surface area (Å²) in [5, 5.41) is 0. The maximum absolute atomic E-state index is 12.2. The van der Waals surface area contributed by atoms with Gasteiger partial charge in [0.15, 0.2) is 9.84 Å². The van der Waals surface area contributed by atoms with Crippen LogP contribution in [0.2, 0.25) is 0 Å². The first-order valence-electron chi connectivity index (χ1n) is 9.51. The Morgan fingerprint density at radius 3 is 2.52 bits per heavy atom. The molecule has 2 fully saturated rings. The smallest absolute Gasteiger partial charge is 0.219 e. The zero-order valence-electron chi connectivity index (χ0n) is 16.0. The van der Waals surface area contributed by atoms with Crippen LogP contribution < -0.4 is 0 Å². The fraction of sp³-hybridized carbons (Fsp3) is 0.842. The summed E-state index contributed by atoms with van der Waals surface area (Å²) in [5.74, 6) is 0.322. The molecule has 2 aliphatic heterocycles. The zero-order valence-corrected chi connectivity index (χ0v) is 16.9. The highest BCUT2D eigenvalue weighted by molar-refractivity contribution is 7.91. The van der Waals surface area contributed by atoms with E-state index in [0.717, 1.165) is 19.5 Å². The minimum absolute atomic E-state index is 0.00119. The van der Waals surface area contributed by atoms with Crippen molar-refractivity contribution in [2.75, 3.05) is 31.1 Å². The van der Waals surface area contributed by atoms with Crippen LogP contribution in [0.1, 0.15) is 53.4 Å². The van der Waals surface area contributed by atoms with Gasteiger partial charge in [0.25, 0.3) is 0 Å². The quantitative estimate of drug-likeness (QED) is 0.717. The van der Waals surface area contributed by atoms with Gasteiger partial charge < -0.3 is 4.90 Å². The molecular formula is C19H32N2O3S. The number of hydrogen-bond donors (Lipinski definition) is 0. The Morgan fingerprint density at radius 2 is 1.88 bits per heavy atom. The number of carbonyl (C=O) groups is 1. The number of hydrogen-bond acceptors (Lipinski definition) is 4. The number of fused-ring (bicyclic) bond motifs is 1. The molecule has 5 nitrogen and oxygen atoms in total. The Morgan fingerprint density at radius 1 is 1.20 bits per heavy atom. The Kier molecular flexibility index (Phi) is 5.06. The summed E-state index contributed by atoms with van der Waals surface area (Å²) in [6.07, 6.45) is 4.71. The van der Waals surface area contributed by atoms with E-state index >= 15 is 0 Å². The van der Waals surface area contributed by atoms with E-state index in [0.29, 0.717) is 6.54 Å². The van der Waals surface area contributed by atoms with E-state index in [1.807, 2.05) is 0 Å². The van der Waals surface area contributed by atoms with Gasteiger partial charge in [-0.25, -0.2) is 8.42 Å². The molecule has 0 aromatic rings. The highest BCUT2D eigenvalue weighted by Gasteiger charge is 2.47. The molecule has 0 saturated carbocycles. The summed E-state index contributed by atoms with van der Waals surface area (Å²) in [6, 6.07) is -0.194. The predicted octanol–water partition coefficient (Wildman–Crippen LogP) is 2.23. The van der Waals surface area contributed by atoms with Gasteiger partial charge in [-0.15, -0.1) is 0 Å². The maximum Gasteiger partial charge on any atom is 0.219 e. The summed E-state index contributed by atoms with van der Waals surface area (Å²) in [6.45, 7) is 10.8. The number of allylic oxidation sites excluding steroid dienone is 1. The Bertz CT molecular complexity index is 681. The number of amides is 1. The van der Waals surface area contributed by atoms with E-state index in [1.54, 1.807) is 17.4 Å². The highest BCUT2D eigenvalue weighted by atomic mass is 32.2. The van der Waals surface area contributed by atoms with Crippen molar-refractivity contribution in [1.82, 2.24) is 9.80 Å². The van der Waals surface area contributed by atoms with Crippen LogP contribution in [0.3, 0.4) is 0 Å². The lowest BCUT2D eigenvalue weighted by Gasteiger charge is -2.44. The molecule has 1 aliphatic carbocycles. The van der Waals surface area contributed by atoms with Gasteiger partial charge in [-0.1, -0.05) is 25.0 Å². The molecule has 0 N–H and O–H groups in total. The Labute approximate surface area is 152 Å². The van der Waals surface area contributed by atoms with Gasteiger partial charge >= 0.3 is 0 Å². The molecule has 3 aliphatic rings. The highest BCUT2D eigenvalue weighted by Crippen LogP contribution is 2.42. The minimum atomic E-state index is -3.05. The van der Waals surface area contributed by atoms with Gasteiger partial charge in [-0.3, -0.25) is 9.69 Å². The van der Waals surface area contributed by atoms with Crippen LogP contribution in [-0.2, 0) is 14.6 Å². The second kappa shape index (κ2) is 6.69. The molecule has 2 atom stereocenters. The maximum atomic E-state index is 12.2. The molecule has 0 aromatic carbocycles. The normalized spacial score (nSPS) is 31.9. The SMILES string of the molecule is CC(=O)N1CCN(CCC2=C(C)CCCC2(C)C)[C@H]2CS(=O)(=O)C[C@H]21. The van der Waals surface area contributed by atoms with Crippen LogP contribution in [0.15, 0.2) is 11.1 Å². The summed E-state index contributed by atoms with van der Waals surface area (Å²) in [7, 11) is -3.05. The average molecular weight is 369 g/mol. The molecule has 25 heavy (non-hydrogen) atoms. The van der Waals surface area contributed by atoms with Crippen molar-refractivity contribution in [3.8, 4) is 0 Å².